The number of carbonyl (C=O) groups is 2. The molecule has 0 saturated carbocycles. The molecule has 6 nitrogen and oxygen atoms in total. The lowest BCUT2D eigenvalue weighted by Gasteiger charge is -2.10. The number of halogens is 2. The first-order chi connectivity index (χ1) is 12.3. The van der Waals surface area contributed by atoms with E-state index in [0.717, 1.165) is 11.1 Å². The Morgan fingerprint density at radius 2 is 1.19 bits per heavy atom. The number of nitrogens with one attached hydrogen (secondary N) is 2. The van der Waals surface area contributed by atoms with Crippen LogP contribution in [0, 0.1) is 13.8 Å². The highest BCUT2D eigenvalue weighted by molar-refractivity contribution is 6.31. The van der Waals surface area contributed by atoms with Crippen molar-refractivity contribution in [3.8, 4) is 11.5 Å². The van der Waals surface area contributed by atoms with E-state index < -0.39 is 11.8 Å². The van der Waals surface area contributed by atoms with Crippen LogP contribution in [0.15, 0.2) is 36.4 Å². The summed E-state index contributed by atoms with van der Waals surface area (Å²) in [6, 6.07) is 10.1. The van der Waals surface area contributed by atoms with Gasteiger partial charge in [-0.25, -0.2) is 0 Å². The largest absolute Gasteiger partial charge is 0.484 e. The summed E-state index contributed by atoms with van der Waals surface area (Å²) >= 11 is 11.8. The second-order valence-electron chi connectivity index (χ2n) is 5.50. The smallest absolute Gasteiger partial charge is 0.276 e. The first-order valence-corrected chi connectivity index (χ1v) is 8.46. The van der Waals surface area contributed by atoms with Crippen LogP contribution in [0.25, 0.3) is 0 Å². The van der Waals surface area contributed by atoms with E-state index in [0.29, 0.717) is 21.5 Å². The lowest BCUT2D eigenvalue weighted by atomic mass is 10.2. The molecule has 0 radical (unpaired) electrons. The fourth-order valence-electron chi connectivity index (χ4n) is 1.92. The molecule has 138 valence electrons. The molecule has 2 aromatic rings. The zero-order valence-electron chi connectivity index (χ0n) is 14.3. The van der Waals surface area contributed by atoms with Crippen LogP contribution in [0.5, 0.6) is 11.5 Å². The molecule has 0 aliphatic carbocycles. The summed E-state index contributed by atoms with van der Waals surface area (Å²) in [6.07, 6.45) is 0. The second kappa shape index (κ2) is 9.31. The number of hydrogen-bond acceptors (Lipinski definition) is 4. The van der Waals surface area contributed by atoms with Crippen molar-refractivity contribution in [3.05, 3.63) is 57.6 Å². The van der Waals surface area contributed by atoms with Crippen LogP contribution in [0.1, 0.15) is 11.1 Å². The Balaban J connectivity index is 1.70. The Kier molecular flexibility index (Phi) is 7.12. The summed E-state index contributed by atoms with van der Waals surface area (Å²) in [7, 11) is 0. The fourth-order valence-corrected chi connectivity index (χ4v) is 2.16. The Bertz CT molecular complexity index is 744. The lowest BCUT2D eigenvalue weighted by molar-refractivity contribution is -0.131. The molecule has 2 N–H and O–H groups in total. The molecule has 0 aliphatic rings. The molecule has 0 heterocycles. The molecular formula is C18H18Cl2N2O4. The number of ether oxygens (including phenoxy) is 2. The molecule has 26 heavy (non-hydrogen) atoms. The highest BCUT2D eigenvalue weighted by Gasteiger charge is 2.08. The molecule has 0 atom stereocenters. The van der Waals surface area contributed by atoms with E-state index >= 15 is 0 Å². The third-order valence-electron chi connectivity index (χ3n) is 3.34. The lowest BCUT2D eigenvalue weighted by Crippen LogP contribution is -2.45. The van der Waals surface area contributed by atoms with Crippen molar-refractivity contribution in [3.63, 3.8) is 0 Å². The molecular weight excluding hydrogens is 379 g/mol. The highest BCUT2D eigenvalue weighted by Crippen LogP contribution is 2.21. The van der Waals surface area contributed by atoms with Gasteiger partial charge in [0.2, 0.25) is 0 Å². The van der Waals surface area contributed by atoms with Crippen molar-refractivity contribution >= 4 is 35.0 Å². The monoisotopic (exact) mass is 396 g/mol. The van der Waals surface area contributed by atoms with E-state index in [1.165, 1.54) is 0 Å². The Labute approximate surface area is 161 Å². The number of rotatable bonds is 6. The van der Waals surface area contributed by atoms with Gasteiger partial charge in [0.05, 0.1) is 0 Å². The van der Waals surface area contributed by atoms with Crippen LogP contribution in [0.3, 0.4) is 0 Å². The Morgan fingerprint density at radius 3 is 1.54 bits per heavy atom. The SMILES string of the molecule is Cc1cc(OCC(=O)NNC(=O)COc2ccc(Cl)c(C)c2)ccc1Cl. The molecule has 0 saturated heterocycles. The highest BCUT2D eigenvalue weighted by atomic mass is 35.5. The van der Waals surface area contributed by atoms with Crippen molar-refractivity contribution in [2.75, 3.05) is 13.2 Å². The van der Waals surface area contributed by atoms with Gasteiger partial charge in [-0.1, -0.05) is 23.2 Å². The second-order valence-corrected chi connectivity index (χ2v) is 6.31. The molecule has 0 aromatic heterocycles. The van der Waals surface area contributed by atoms with Crippen molar-refractivity contribution in [1.29, 1.82) is 0 Å². The summed E-state index contributed by atoms with van der Waals surface area (Å²) in [5.74, 6) is 0.00576. The minimum absolute atomic E-state index is 0.251. The van der Waals surface area contributed by atoms with E-state index in [2.05, 4.69) is 10.9 Å². The average molecular weight is 397 g/mol. The topological polar surface area (TPSA) is 76.7 Å². The van der Waals surface area contributed by atoms with E-state index in [1.54, 1.807) is 36.4 Å². The van der Waals surface area contributed by atoms with Gasteiger partial charge in [-0.3, -0.25) is 20.4 Å². The standard InChI is InChI=1S/C18H18Cl2N2O4/c1-11-7-13(3-5-15(11)19)25-9-17(23)21-22-18(24)10-26-14-4-6-16(20)12(2)8-14/h3-8H,9-10H2,1-2H3,(H,21,23)(H,22,24). The van der Waals surface area contributed by atoms with E-state index in [1.807, 2.05) is 13.8 Å². The maximum absolute atomic E-state index is 11.7. The van der Waals surface area contributed by atoms with Gasteiger partial charge in [0.25, 0.3) is 11.8 Å². The zero-order chi connectivity index (χ0) is 19.1. The average Bonchev–Trinajstić information content (AvgIpc) is 2.62. The van der Waals surface area contributed by atoms with E-state index in [-0.39, 0.29) is 13.2 Å². The summed E-state index contributed by atoms with van der Waals surface area (Å²) in [4.78, 5) is 23.4. The van der Waals surface area contributed by atoms with Crippen molar-refractivity contribution in [1.82, 2.24) is 10.9 Å². The van der Waals surface area contributed by atoms with Crippen LogP contribution in [0.2, 0.25) is 10.0 Å². The van der Waals surface area contributed by atoms with Gasteiger partial charge in [-0.15, -0.1) is 0 Å². The predicted molar refractivity (Wildman–Crippen MR) is 99.7 cm³/mol. The number of aryl methyl sites for hydroxylation is 2. The molecule has 0 unspecified atom stereocenters. The quantitative estimate of drug-likeness (QED) is 0.734. The Hall–Kier alpha value is -2.44. The minimum Gasteiger partial charge on any atom is -0.484 e. The summed E-state index contributed by atoms with van der Waals surface area (Å²) in [5.41, 5.74) is 6.17. The normalized spacial score (nSPS) is 10.2. The van der Waals surface area contributed by atoms with E-state index in [4.69, 9.17) is 32.7 Å². The molecule has 0 spiro atoms. The number of amides is 2. The van der Waals surface area contributed by atoms with Gasteiger partial charge in [0.15, 0.2) is 13.2 Å². The van der Waals surface area contributed by atoms with Crippen LogP contribution >= 0.6 is 23.2 Å². The van der Waals surface area contributed by atoms with Crippen molar-refractivity contribution < 1.29 is 19.1 Å². The van der Waals surface area contributed by atoms with Gasteiger partial charge in [0, 0.05) is 10.0 Å². The summed E-state index contributed by atoms with van der Waals surface area (Å²) < 4.78 is 10.6. The van der Waals surface area contributed by atoms with Gasteiger partial charge in [0.1, 0.15) is 11.5 Å². The molecule has 2 rings (SSSR count). The predicted octanol–water partition coefficient (Wildman–Crippen LogP) is 3.22. The molecule has 2 aromatic carbocycles. The van der Waals surface area contributed by atoms with Crippen molar-refractivity contribution in [2.24, 2.45) is 0 Å². The number of benzene rings is 2. The summed E-state index contributed by atoms with van der Waals surface area (Å²) in [6.45, 7) is 3.16. The summed E-state index contributed by atoms with van der Waals surface area (Å²) in [5, 5.41) is 1.23. The maximum atomic E-state index is 11.7. The minimum atomic E-state index is -0.506. The third-order valence-corrected chi connectivity index (χ3v) is 4.19. The van der Waals surface area contributed by atoms with Crippen molar-refractivity contribution in [2.45, 2.75) is 13.8 Å². The molecule has 0 bridgehead atoms. The third kappa shape index (κ3) is 6.13. The molecule has 8 heteroatoms. The number of carbonyl (C=O) groups excluding carboxylic acids is 2. The van der Waals surface area contributed by atoms with Gasteiger partial charge in [-0.2, -0.15) is 0 Å². The first kappa shape index (κ1) is 19.9. The van der Waals surface area contributed by atoms with E-state index in [9.17, 15) is 9.59 Å². The molecule has 0 aliphatic heterocycles. The van der Waals surface area contributed by atoms with Gasteiger partial charge < -0.3 is 9.47 Å². The first-order valence-electron chi connectivity index (χ1n) is 7.70. The van der Waals surface area contributed by atoms with Crippen LogP contribution in [-0.2, 0) is 9.59 Å². The van der Waals surface area contributed by atoms with Crippen LogP contribution in [-0.4, -0.2) is 25.0 Å². The van der Waals surface area contributed by atoms with Crippen LogP contribution in [0.4, 0.5) is 0 Å². The molecule has 2 amide bonds. The number of hydrazine groups is 1. The molecule has 0 fully saturated rings. The fraction of sp³-hybridized carbons (Fsp3) is 0.222. The number of hydrogen-bond donors (Lipinski definition) is 2. The Morgan fingerprint density at radius 1 is 0.808 bits per heavy atom. The van der Waals surface area contributed by atoms with Gasteiger partial charge in [-0.05, 0) is 61.4 Å². The van der Waals surface area contributed by atoms with Crippen LogP contribution < -0.4 is 20.3 Å². The zero-order valence-corrected chi connectivity index (χ0v) is 15.8. The van der Waals surface area contributed by atoms with Gasteiger partial charge >= 0.3 is 0 Å². The maximum Gasteiger partial charge on any atom is 0.276 e.